The average molecular weight is 319 g/mol. The third kappa shape index (κ3) is 2.38. The third-order valence-electron chi connectivity index (χ3n) is 4.40. The molecule has 3 heteroatoms. The van der Waals surface area contributed by atoms with E-state index in [1.807, 2.05) is 61.5 Å². The van der Waals surface area contributed by atoms with Crippen molar-refractivity contribution >= 4 is 5.91 Å². The van der Waals surface area contributed by atoms with E-state index in [-0.39, 0.29) is 5.56 Å². The van der Waals surface area contributed by atoms with Crippen LogP contribution in [-0.2, 0) is 10.2 Å². The summed E-state index contributed by atoms with van der Waals surface area (Å²) >= 11 is 0. The summed E-state index contributed by atoms with van der Waals surface area (Å²) in [5.74, 6) is -1.06. The summed E-state index contributed by atoms with van der Waals surface area (Å²) in [6.07, 6.45) is 0. The number of benzene rings is 3. The number of primary amides is 1. The normalized spacial score (nSPS) is 13.2. The summed E-state index contributed by atoms with van der Waals surface area (Å²) in [7, 11) is 0. The van der Waals surface area contributed by atoms with Gasteiger partial charge in [-0.3, -0.25) is 4.79 Å². The maximum absolute atomic E-state index is 14.7. The van der Waals surface area contributed by atoms with Crippen molar-refractivity contribution in [1.29, 1.82) is 0 Å². The molecule has 120 valence electrons. The van der Waals surface area contributed by atoms with E-state index < -0.39 is 17.1 Å². The zero-order valence-electron chi connectivity index (χ0n) is 13.4. The van der Waals surface area contributed by atoms with Crippen LogP contribution in [0.5, 0.6) is 0 Å². The van der Waals surface area contributed by atoms with Gasteiger partial charge in [-0.15, -0.1) is 0 Å². The van der Waals surface area contributed by atoms with E-state index in [2.05, 4.69) is 0 Å². The Bertz CT molecular complexity index is 828. The van der Waals surface area contributed by atoms with Crippen LogP contribution in [0.2, 0.25) is 0 Å². The Morgan fingerprint density at radius 1 is 0.833 bits per heavy atom. The molecule has 0 aliphatic carbocycles. The minimum Gasteiger partial charge on any atom is -0.368 e. The molecule has 0 spiro atoms. The van der Waals surface area contributed by atoms with Gasteiger partial charge < -0.3 is 5.73 Å². The highest BCUT2D eigenvalue weighted by molar-refractivity contribution is 5.95. The van der Waals surface area contributed by atoms with Gasteiger partial charge in [-0.25, -0.2) is 4.39 Å². The molecule has 0 saturated heterocycles. The number of halogens is 1. The Labute approximate surface area is 140 Å². The van der Waals surface area contributed by atoms with E-state index >= 15 is 0 Å². The molecule has 2 N–H and O–H groups in total. The van der Waals surface area contributed by atoms with Crippen molar-refractivity contribution in [2.75, 3.05) is 0 Å². The monoisotopic (exact) mass is 319 g/mol. The molecular formula is C21H18FNO. The van der Waals surface area contributed by atoms with Crippen LogP contribution in [0, 0.1) is 12.7 Å². The quantitative estimate of drug-likeness (QED) is 0.727. The molecule has 0 aliphatic heterocycles. The highest BCUT2D eigenvalue weighted by Crippen LogP contribution is 2.41. The second-order valence-electron chi connectivity index (χ2n) is 5.78. The Morgan fingerprint density at radius 3 is 1.96 bits per heavy atom. The lowest BCUT2D eigenvalue weighted by Gasteiger charge is -2.34. The number of hydrogen-bond donors (Lipinski definition) is 1. The number of nitrogens with two attached hydrogens (primary N) is 1. The summed E-state index contributed by atoms with van der Waals surface area (Å²) < 4.78 is 14.7. The van der Waals surface area contributed by atoms with Crippen LogP contribution >= 0.6 is 0 Å². The second-order valence-corrected chi connectivity index (χ2v) is 5.78. The molecule has 3 aromatic carbocycles. The van der Waals surface area contributed by atoms with Crippen molar-refractivity contribution in [1.82, 2.24) is 0 Å². The smallest absolute Gasteiger partial charge is 0.237 e. The van der Waals surface area contributed by atoms with Crippen molar-refractivity contribution < 1.29 is 9.18 Å². The van der Waals surface area contributed by atoms with Crippen LogP contribution in [0.25, 0.3) is 0 Å². The second kappa shape index (κ2) is 6.28. The summed E-state index contributed by atoms with van der Waals surface area (Å²) in [4.78, 5) is 12.8. The number of hydrogen-bond acceptors (Lipinski definition) is 1. The van der Waals surface area contributed by atoms with Gasteiger partial charge in [0.1, 0.15) is 11.2 Å². The van der Waals surface area contributed by atoms with Crippen LogP contribution < -0.4 is 5.73 Å². The lowest BCUT2D eigenvalue weighted by molar-refractivity contribution is -0.121. The number of carbonyl (C=O) groups excluding carboxylic acids is 1. The van der Waals surface area contributed by atoms with Crippen molar-refractivity contribution in [3.63, 3.8) is 0 Å². The summed E-state index contributed by atoms with van der Waals surface area (Å²) in [6, 6.07) is 22.9. The first kappa shape index (κ1) is 15.9. The largest absolute Gasteiger partial charge is 0.368 e. The summed E-state index contributed by atoms with van der Waals surface area (Å²) in [5.41, 5.74) is 7.00. The fourth-order valence-electron chi connectivity index (χ4n) is 3.31. The molecule has 24 heavy (non-hydrogen) atoms. The molecule has 2 nitrogen and oxygen atoms in total. The zero-order chi connectivity index (χ0) is 17.2. The minimum absolute atomic E-state index is 0.262. The SMILES string of the molecule is Cc1ccccc1C(C(N)=O)(c1ccccc1)c1ccccc1F. The van der Waals surface area contributed by atoms with Gasteiger partial charge >= 0.3 is 0 Å². The number of amides is 1. The summed E-state index contributed by atoms with van der Waals surface area (Å²) in [5, 5.41) is 0. The van der Waals surface area contributed by atoms with Crippen LogP contribution in [-0.4, -0.2) is 5.91 Å². The van der Waals surface area contributed by atoms with Crippen LogP contribution in [0.4, 0.5) is 4.39 Å². The fraction of sp³-hybridized carbons (Fsp3) is 0.0952. The first-order valence-electron chi connectivity index (χ1n) is 7.75. The molecule has 0 saturated carbocycles. The topological polar surface area (TPSA) is 43.1 Å². The van der Waals surface area contributed by atoms with Crippen molar-refractivity contribution in [2.45, 2.75) is 12.3 Å². The Kier molecular flexibility index (Phi) is 4.17. The molecule has 0 fully saturated rings. The van der Waals surface area contributed by atoms with Gasteiger partial charge in [0.25, 0.3) is 0 Å². The van der Waals surface area contributed by atoms with Gasteiger partial charge in [0.15, 0.2) is 0 Å². The van der Waals surface area contributed by atoms with E-state index in [0.717, 1.165) is 5.56 Å². The van der Waals surface area contributed by atoms with E-state index in [0.29, 0.717) is 11.1 Å². The maximum atomic E-state index is 14.7. The molecule has 1 amide bonds. The highest BCUT2D eigenvalue weighted by atomic mass is 19.1. The Balaban J connectivity index is 2.47. The molecule has 3 aromatic rings. The van der Waals surface area contributed by atoms with E-state index in [1.165, 1.54) is 6.07 Å². The maximum Gasteiger partial charge on any atom is 0.237 e. The molecule has 0 radical (unpaired) electrons. The van der Waals surface area contributed by atoms with Crippen molar-refractivity contribution in [3.8, 4) is 0 Å². The first-order chi connectivity index (χ1) is 11.6. The van der Waals surface area contributed by atoms with Crippen LogP contribution in [0.3, 0.4) is 0 Å². The van der Waals surface area contributed by atoms with Gasteiger partial charge in [0.05, 0.1) is 0 Å². The number of aryl methyl sites for hydroxylation is 1. The Morgan fingerprint density at radius 2 is 1.38 bits per heavy atom. The molecular weight excluding hydrogens is 301 g/mol. The van der Waals surface area contributed by atoms with Crippen molar-refractivity contribution in [3.05, 3.63) is 107 Å². The summed E-state index contributed by atoms with van der Waals surface area (Å²) in [6.45, 7) is 1.90. The third-order valence-corrected chi connectivity index (χ3v) is 4.40. The van der Waals surface area contributed by atoms with E-state index in [1.54, 1.807) is 18.2 Å². The van der Waals surface area contributed by atoms with Gasteiger partial charge in [-0.05, 0) is 29.7 Å². The molecule has 1 unspecified atom stereocenters. The predicted molar refractivity (Wildman–Crippen MR) is 93.1 cm³/mol. The van der Waals surface area contributed by atoms with Crippen molar-refractivity contribution in [2.24, 2.45) is 5.73 Å². The molecule has 0 aliphatic rings. The fourth-order valence-corrected chi connectivity index (χ4v) is 3.31. The number of rotatable bonds is 4. The molecule has 0 bridgehead atoms. The average Bonchev–Trinajstić information content (AvgIpc) is 2.59. The van der Waals surface area contributed by atoms with Gasteiger partial charge in [0, 0.05) is 5.56 Å². The molecule has 0 heterocycles. The minimum atomic E-state index is -1.38. The first-order valence-corrected chi connectivity index (χ1v) is 7.75. The lowest BCUT2D eigenvalue weighted by atomic mass is 9.67. The van der Waals surface area contributed by atoms with Gasteiger partial charge in [-0.2, -0.15) is 0 Å². The van der Waals surface area contributed by atoms with E-state index in [9.17, 15) is 9.18 Å². The molecule has 3 rings (SSSR count). The Hall–Kier alpha value is -2.94. The highest BCUT2D eigenvalue weighted by Gasteiger charge is 2.44. The van der Waals surface area contributed by atoms with Crippen LogP contribution in [0.15, 0.2) is 78.9 Å². The number of carbonyl (C=O) groups is 1. The lowest BCUT2D eigenvalue weighted by Crippen LogP contribution is -2.44. The zero-order valence-corrected chi connectivity index (χ0v) is 13.4. The van der Waals surface area contributed by atoms with Gasteiger partial charge in [0.2, 0.25) is 5.91 Å². The molecule has 0 aromatic heterocycles. The van der Waals surface area contributed by atoms with E-state index in [4.69, 9.17) is 5.73 Å². The van der Waals surface area contributed by atoms with Gasteiger partial charge in [-0.1, -0.05) is 72.8 Å². The molecule has 1 atom stereocenters. The standard InChI is InChI=1S/C21H18FNO/c1-15-9-5-6-12-17(15)21(20(23)24,16-10-3-2-4-11-16)18-13-7-8-14-19(18)22/h2-14H,1H3,(H2,23,24). The van der Waals surface area contributed by atoms with Crippen LogP contribution in [0.1, 0.15) is 22.3 Å². The predicted octanol–water partition coefficient (Wildman–Crippen LogP) is 3.95.